The Balaban J connectivity index is 1.29. The van der Waals surface area contributed by atoms with Gasteiger partial charge < -0.3 is 14.2 Å². The Bertz CT molecular complexity index is 1610. The average molecular weight is 538 g/mol. The third-order valence-corrected chi connectivity index (χ3v) is 8.08. The number of halogens is 1. The summed E-state index contributed by atoms with van der Waals surface area (Å²) in [6, 6.07) is 17.6. The van der Waals surface area contributed by atoms with E-state index in [1.165, 1.54) is 12.7 Å². The van der Waals surface area contributed by atoms with Crippen LogP contribution in [0.2, 0.25) is 0 Å². The summed E-state index contributed by atoms with van der Waals surface area (Å²) in [6.45, 7) is 6.71. The predicted octanol–water partition coefficient (Wildman–Crippen LogP) is 7.59. The molecule has 6 rings (SSSR count). The average Bonchev–Trinajstić information content (AvgIpc) is 3.54. The number of esters is 1. The number of fused-ring (bicyclic) bond motifs is 2. The Kier molecular flexibility index (Phi) is 6.78. The van der Waals surface area contributed by atoms with Gasteiger partial charge in [0, 0.05) is 34.9 Å². The molecule has 0 amide bonds. The number of carbonyl (C=O) groups excluding carboxylic acids is 1. The Labute approximate surface area is 233 Å². The number of aromatic nitrogens is 1. The molecule has 0 unspecified atom stereocenters. The molecule has 2 heterocycles. The fourth-order valence-corrected chi connectivity index (χ4v) is 6.20. The second-order valence-corrected chi connectivity index (χ2v) is 10.8. The largest absolute Gasteiger partial charge is 0.492 e. The van der Waals surface area contributed by atoms with Crippen molar-refractivity contribution in [2.24, 2.45) is 0 Å². The number of carbonyl (C=O) groups is 1. The molecule has 0 saturated carbocycles. The molecule has 4 aromatic rings. The molecule has 0 spiro atoms. The third-order valence-electron chi connectivity index (χ3n) is 8.08. The Morgan fingerprint density at radius 3 is 2.60 bits per heavy atom. The summed E-state index contributed by atoms with van der Waals surface area (Å²) in [4.78, 5) is 16.3. The molecule has 3 aromatic carbocycles. The summed E-state index contributed by atoms with van der Waals surface area (Å²) in [5.41, 5.74) is 10.3. The number of pyridine rings is 1. The van der Waals surface area contributed by atoms with E-state index in [4.69, 9.17) is 14.2 Å². The van der Waals surface area contributed by atoms with Crippen molar-refractivity contribution in [2.45, 2.75) is 52.1 Å². The Hall–Kier alpha value is -4.19. The zero-order chi connectivity index (χ0) is 28.0. The third kappa shape index (κ3) is 4.72. The molecule has 2 aliphatic rings. The fourth-order valence-electron chi connectivity index (χ4n) is 6.20. The SMILES string of the molecule is COC(=O)C[C@@H]1COc2cc(O[C@@H]3CCc4c(-c5c(C)cc(-c6cc(C)ccn6)cc5C)ccc(F)c43)ccc21. The Morgan fingerprint density at radius 2 is 1.85 bits per heavy atom. The Morgan fingerprint density at radius 1 is 1.05 bits per heavy atom. The van der Waals surface area contributed by atoms with E-state index in [0.717, 1.165) is 51.1 Å². The second kappa shape index (κ2) is 10.4. The van der Waals surface area contributed by atoms with Gasteiger partial charge in [-0.25, -0.2) is 4.39 Å². The maximum atomic E-state index is 15.3. The molecule has 5 nitrogen and oxygen atoms in total. The zero-order valence-electron chi connectivity index (χ0n) is 23.2. The highest BCUT2D eigenvalue weighted by Crippen LogP contribution is 2.45. The van der Waals surface area contributed by atoms with Crippen LogP contribution < -0.4 is 9.47 Å². The van der Waals surface area contributed by atoms with Crippen molar-refractivity contribution in [3.63, 3.8) is 0 Å². The molecule has 0 N–H and O–H groups in total. The second-order valence-electron chi connectivity index (χ2n) is 10.8. The topological polar surface area (TPSA) is 57.7 Å². The standard InChI is InChI=1S/C34H32FNO4/c1-19-11-12-36-29(13-19)22-14-20(2)33(21(3)15-22)26-7-9-28(35)34-27(26)8-10-30(34)40-24-5-6-25-23(16-32(37)38-4)18-39-31(25)17-24/h5-7,9,11-15,17,23,30H,8,10,16,18H2,1-4H3/t23-,30-/m1/s1. The molecule has 0 fully saturated rings. The van der Waals surface area contributed by atoms with Crippen LogP contribution in [0.3, 0.4) is 0 Å². The van der Waals surface area contributed by atoms with E-state index in [1.807, 2.05) is 36.5 Å². The lowest BCUT2D eigenvalue weighted by atomic mass is 9.88. The van der Waals surface area contributed by atoms with Crippen molar-refractivity contribution < 1.29 is 23.4 Å². The molecule has 0 bridgehead atoms. The molecule has 6 heteroatoms. The van der Waals surface area contributed by atoms with Crippen LogP contribution >= 0.6 is 0 Å². The molecular weight excluding hydrogens is 505 g/mol. The van der Waals surface area contributed by atoms with E-state index in [1.54, 1.807) is 6.07 Å². The summed E-state index contributed by atoms with van der Waals surface area (Å²) in [5.74, 6) is 0.786. The van der Waals surface area contributed by atoms with Gasteiger partial charge in [-0.2, -0.15) is 0 Å². The van der Waals surface area contributed by atoms with Gasteiger partial charge in [-0.05, 0) is 103 Å². The van der Waals surface area contributed by atoms with E-state index in [2.05, 4.69) is 44.0 Å². The van der Waals surface area contributed by atoms with Gasteiger partial charge in [0.15, 0.2) is 0 Å². The molecule has 2 atom stereocenters. The summed E-state index contributed by atoms with van der Waals surface area (Å²) in [6.07, 6.45) is 3.14. The van der Waals surface area contributed by atoms with Gasteiger partial charge in [0.2, 0.25) is 0 Å². The van der Waals surface area contributed by atoms with Crippen molar-refractivity contribution in [1.29, 1.82) is 0 Å². The quantitative estimate of drug-likeness (QED) is 0.237. The minimum atomic E-state index is -0.392. The maximum absolute atomic E-state index is 15.3. The normalized spacial score (nSPS) is 17.2. The minimum absolute atomic E-state index is 0.0386. The zero-order valence-corrected chi connectivity index (χ0v) is 23.2. The van der Waals surface area contributed by atoms with E-state index >= 15 is 4.39 Å². The summed E-state index contributed by atoms with van der Waals surface area (Å²) in [7, 11) is 1.39. The van der Waals surface area contributed by atoms with Crippen molar-refractivity contribution in [3.05, 3.63) is 100.0 Å². The number of nitrogens with zero attached hydrogens (tertiary/aromatic N) is 1. The van der Waals surface area contributed by atoms with Gasteiger partial charge >= 0.3 is 5.97 Å². The number of rotatable bonds is 6. The van der Waals surface area contributed by atoms with Crippen LogP contribution in [0, 0.1) is 26.6 Å². The van der Waals surface area contributed by atoms with Gasteiger partial charge in [0.1, 0.15) is 23.4 Å². The van der Waals surface area contributed by atoms with Crippen molar-refractivity contribution in [3.8, 4) is 33.9 Å². The van der Waals surface area contributed by atoms with Gasteiger partial charge in [-0.15, -0.1) is 0 Å². The smallest absolute Gasteiger partial charge is 0.306 e. The highest BCUT2D eigenvalue weighted by Gasteiger charge is 2.32. The monoisotopic (exact) mass is 537 g/mol. The van der Waals surface area contributed by atoms with Gasteiger partial charge in [0.05, 0.1) is 25.8 Å². The molecule has 1 aliphatic carbocycles. The minimum Gasteiger partial charge on any atom is -0.492 e. The molecule has 1 aromatic heterocycles. The van der Waals surface area contributed by atoms with Crippen LogP contribution in [0.1, 0.15) is 58.2 Å². The first kappa shape index (κ1) is 26.1. The number of aryl methyl sites for hydroxylation is 3. The molecular formula is C34H32FNO4. The molecule has 0 saturated heterocycles. The molecule has 204 valence electrons. The van der Waals surface area contributed by atoms with Crippen molar-refractivity contribution in [1.82, 2.24) is 4.98 Å². The van der Waals surface area contributed by atoms with Crippen LogP contribution in [0.25, 0.3) is 22.4 Å². The number of benzene rings is 3. The predicted molar refractivity (Wildman–Crippen MR) is 152 cm³/mol. The van der Waals surface area contributed by atoms with Gasteiger partial charge in [-0.1, -0.05) is 12.1 Å². The summed E-state index contributed by atoms with van der Waals surface area (Å²) >= 11 is 0. The van der Waals surface area contributed by atoms with Crippen LogP contribution in [-0.2, 0) is 16.0 Å². The van der Waals surface area contributed by atoms with Crippen LogP contribution in [0.15, 0.2) is 60.8 Å². The van der Waals surface area contributed by atoms with E-state index in [0.29, 0.717) is 30.1 Å². The fraction of sp³-hybridized carbons (Fsp3) is 0.294. The lowest BCUT2D eigenvalue weighted by Crippen LogP contribution is -2.09. The van der Waals surface area contributed by atoms with Gasteiger partial charge in [0.25, 0.3) is 0 Å². The lowest BCUT2D eigenvalue weighted by Gasteiger charge is -2.19. The number of hydrogen-bond acceptors (Lipinski definition) is 5. The van der Waals surface area contributed by atoms with E-state index < -0.39 is 6.10 Å². The number of hydrogen-bond donors (Lipinski definition) is 0. The number of methoxy groups -OCH3 is 1. The van der Waals surface area contributed by atoms with Crippen molar-refractivity contribution >= 4 is 5.97 Å². The summed E-state index contributed by atoms with van der Waals surface area (Å²) < 4.78 is 32.4. The van der Waals surface area contributed by atoms with Crippen LogP contribution in [-0.4, -0.2) is 24.7 Å². The molecule has 40 heavy (non-hydrogen) atoms. The lowest BCUT2D eigenvalue weighted by molar-refractivity contribution is -0.141. The maximum Gasteiger partial charge on any atom is 0.306 e. The van der Waals surface area contributed by atoms with Gasteiger partial charge in [-0.3, -0.25) is 9.78 Å². The first-order valence-electron chi connectivity index (χ1n) is 13.7. The van der Waals surface area contributed by atoms with E-state index in [-0.39, 0.29) is 24.1 Å². The first-order valence-corrected chi connectivity index (χ1v) is 13.7. The van der Waals surface area contributed by atoms with Crippen LogP contribution in [0.4, 0.5) is 4.39 Å². The van der Waals surface area contributed by atoms with E-state index in [9.17, 15) is 4.79 Å². The first-order chi connectivity index (χ1) is 19.3. The number of ether oxygens (including phenoxy) is 3. The summed E-state index contributed by atoms with van der Waals surface area (Å²) in [5, 5.41) is 0. The van der Waals surface area contributed by atoms with Crippen LogP contribution in [0.5, 0.6) is 11.5 Å². The van der Waals surface area contributed by atoms with Crippen molar-refractivity contribution in [2.75, 3.05) is 13.7 Å². The highest BCUT2D eigenvalue weighted by atomic mass is 19.1. The highest BCUT2D eigenvalue weighted by molar-refractivity contribution is 5.79. The molecule has 1 aliphatic heterocycles. The molecule has 0 radical (unpaired) electrons.